The highest BCUT2D eigenvalue weighted by molar-refractivity contribution is 6.01. The summed E-state index contributed by atoms with van der Waals surface area (Å²) in [4.78, 5) is 17.7. The number of hydrogen-bond donors (Lipinski definition) is 1. The first-order chi connectivity index (χ1) is 18.9. The standard InChI is InChI=1S/C30H31F3N2O4/c31-30(32,33)26-8-4-7-24(17-26)20-39-35-28(18-22-5-2-1-3-6-22)25-9-11-27(12-10-25)38-21-29(36)34-19-23-13-15-37-16-14-23/h1-12,17,23H,13-16,18-21H2,(H,34,36). The first-order valence-corrected chi connectivity index (χ1v) is 12.8. The third-order valence-corrected chi connectivity index (χ3v) is 6.36. The van der Waals surface area contributed by atoms with Crippen LogP contribution in [0, 0.1) is 5.92 Å². The van der Waals surface area contributed by atoms with Crippen molar-refractivity contribution in [3.05, 3.63) is 101 Å². The van der Waals surface area contributed by atoms with Gasteiger partial charge in [-0.15, -0.1) is 0 Å². The fourth-order valence-electron chi connectivity index (χ4n) is 4.15. The van der Waals surface area contributed by atoms with E-state index in [4.69, 9.17) is 14.3 Å². The van der Waals surface area contributed by atoms with E-state index in [0.717, 1.165) is 49.3 Å². The number of hydrogen-bond acceptors (Lipinski definition) is 5. The molecule has 0 unspecified atom stereocenters. The average molecular weight is 541 g/mol. The zero-order valence-corrected chi connectivity index (χ0v) is 21.5. The van der Waals surface area contributed by atoms with Crippen LogP contribution < -0.4 is 10.1 Å². The second kappa shape index (κ2) is 13.8. The molecule has 1 N–H and O–H groups in total. The van der Waals surface area contributed by atoms with Gasteiger partial charge in [0.1, 0.15) is 12.4 Å². The van der Waals surface area contributed by atoms with Gasteiger partial charge in [-0.2, -0.15) is 13.2 Å². The summed E-state index contributed by atoms with van der Waals surface area (Å²) in [5.41, 5.74) is 2.00. The van der Waals surface area contributed by atoms with Crippen molar-refractivity contribution in [1.29, 1.82) is 0 Å². The molecule has 4 rings (SSSR count). The zero-order chi connectivity index (χ0) is 27.5. The molecule has 0 atom stereocenters. The number of rotatable bonds is 11. The summed E-state index contributed by atoms with van der Waals surface area (Å²) in [6, 6.07) is 21.8. The number of halogens is 3. The third kappa shape index (κ3) is 9.14. The minimum atomic E-state index is -4.42. The van der Waals surface area contributed by atoms with Crippen molar-refractivity contribution in [3.8, 4) is 5.75 Å². The van der Waals surface area contributed by atoms with Crippen molar-refractivity contribution in [2.45, 2.75) is 32.0 Å². The van der Waals surface area contributed by atoms with Gasteiger partial charge in [0.15, 0.2) is 6.61 Å². The van der Waals surface area contributed by atoms with Crippen molar-refractivity contribution in [2.75, 3.05) is 26.4 Å². The molecule has 1 fully saturated rings. The first kappa shape index (κ1) is 28.2. The number of alkyl halides is 3. The van der Waals surface area contributed by atoms with Crippen molar-refractivity contribution < 1.29 is 32.3 Å². The molecule has 1 saturated heterocycles. The molecular formula is C30H31F3N2O4. The Hall–Kier alpha value is -3.85. The average Bonchev–Trinajstić information content (AvgIpc) is 2.95. The third-order valence-electron chi connectivity index (χ3n) is 6.36. The Morgan fingerprint density at radius 2 is 1.67 bits per heavy atom. The highest BCUT2D eigenvalue weighted by Gasteiger charge is 2.30. The van der Waals surface area contributed by atoms with Crippen LogP contribution in [0.4, 0.5) is 13.2 Å². The monoisotopic (exact) mass is 540 g/mol. The number of benzene rings is 3. The van der Waals surface area contributed by atoms with Gasteiger partial charge in [-0.25, -0.2) is 0 Å². The molecule has 3 aromatic carbocycles. The van der Waals surface area contributed by atoms with Gasteiger partial charge >= 0.3 is 6.18 Å². The van der Waals surface area contributed by atoms with Crippen LogP contribution in [-0.2, 0) is 33.6 Å². The van der Waals surface area contributed by atoms with Crippen molar-refractivity contribution in [1.82, 2.24) is 5.32 Å². The molecule has 1 aliphatic rings. The molecule has 9 heteroatoms. The Bertz CT molecular complexity index is 1220. The van der Waals surface area contributed by atoms with E-state index in [9.17, 15) is 18.0 Å². The lowest BCUT2D eigenvalue weighted by atomic mass is 10.0. The van der Waals surface area contributed by atoms with Crippen molar-refractivity contribution >= 4 is 11.6 Å². The molecule has 0 spiro atoms. The maximum absolute atomic E-state index is 13.0. The number of nitrogens with zero attached hydrogens (tertiary/aromatic N) is 1. The van der Waals surface area contributed by atoms with Crippen LogP contribution in [0.25, 0.3) is 0 Å². The van der Waals surface area contributed by atoms with E-state index < -0.39 is 11.7 Å². The molecule has 0 aromatic heterocycles. The summed E-state index contributed by atoms with van der Waals surface area (Å²) in [5, 5.41) is 7.18. The lowest BCUT2D eigenvalue weighted by Gasteiger charge is -2.22. The van der Waals surface area contributed by atoms with Crippen LogP contribution in [0.3, 0.4) is 0 Å². The molecule has 206 valence electrons. The normalized spacial score (nSPS) is 14.6. The van der Waals surface area contributed by atoms with Crippen LogP contribution in [0.1, 0.15) is 35.1 Å². The second-order valence-corrected chi connectivity index (χ2v) is 9.34. The van der Waals surface area contributed by atoms with Gasteiger partial charge in [-0.05, 0) is 71.8 Å². The van der Waals surface area contributed by atoms with Gasteiger partial charge in [0.2, 0.25) is 0 Å². The molecule has 0 aliphatic carbocycles. The Morgan fingerprint density at radius 1 is 0.949 bits per heavy atom. The number of oxime groups is 1. The molecule has 0 radical (unpaired) electrons. The topological polar surface area (TPSA) is 69.2 Å². The van der Waals surface area contributed by atoms with Gasteiger partial charge in [0.05, 0.1) is 11.3 Å². The van der Waals surface area contributed by atoms with E-state index in [0.29, 0.717) is 35.9 Å². The van der Waals surface area contributed by atoms with Crippen LogP contribution in [0.5, 0.6) is 5.75 Å². The van der Waals surface area contributed by atoms with Gasteiger partial charge in [-0.3, -0.25) is 4.79 Å². The Morgan fingerprint density at radius 3 is 2.38 bits per heavy atom. The van der Waals surface area contributed by atoms with Crippen LogP contribution in [-0.4, -0.2) is 38.0 Å². The van der Waals surface area contributed by atoms with Gasteiger partial charge in [0, 0.05) is 26.2 Å². The van der Waals surface area contributed by atoms with Gasteiger partial charge < -0.3 is 19.6 Å². The number of amides is 1. The molecular weight excluding hydrogens is 509 g/mol. The number of carbonyl (C=O) groups is 1. The molecule has 1 aliphatic heterocycles. The second-order valence-electron chi connectivity index (χ2n) is 9.34. The van der Waals surface area contributed by atoms with Gasteiger partial charge in [-0.1, -0.05) is 47.6 Å². The minimum Gasteiger partial charge on any atom is -0.484 e. The molecule has 3 aromatic rings. The Labute approximate surface area is 225 Å². The molecule has 0 saturated carbocycles. The van der Waals surface area contributed by atoms with Crippen LogP contribution in [0.2, 0.25) is 0 Å². The number of ether oxygens (including phenoxy) is 2. The molecule has 6 nitrogen and oxygen atoms in total. The Kier molecular flexibility index (Phi) is 9.97. The van der Waals surface area contributed by atoms with E-state index in [1.54, 1.807) is 18.2 Å². The lowest BCUT2D eigenvalue weighted by molar-refractivity contribution is -0.137. The predicted molar refractivity (Wildman–Crippen MR) is 141 cm³/mol. The summed E-state index contributed by atoms with van der Waals surface area (Å²) in [7, 11) is 0. The molecule has 39 heavy (non-hydrogen) atoms. The first-order valence-electron chi connectivity index (χ1n) is 12.8. The van der Waals surface area contributed by atoms with E-state index in [2.05, 4.69) is 10.5 Å². The van der Waals surface area contributed by atoms with E-state index >= 15 is 0 Å². The highest BCUT2D eigenvalue weighted by Crippen LogP contribution is 2.29. The fourth-order valence-corrected chi connectivity index (χ4v) is 4.15. The predicted octanol–water partition coefficient (Wildman–Crippen LogP) is 5.79. The molecule has 0 bridgehead atoms. The highest BCUT2D eigenvalue weighted by atomic mass is 19.4. The maximum Gasteiger partial charge on any atom is 0.416 e. The van der Waals surface area contributed by atoms with Gasteiger partial charge in [0.25, 0.3) is 5.91 Å². The smallest absolute Gasteiger partial charge is 0.416 e. The number of nitrogens with one attached hydrogen (secondary N) is 1. The summed E-state index contributed by atoms with van der Waals surface area (Å²) < 4.78 is 50.0. The number of carbonyl (C=O) groups excluding carboxylic acids is 1. The van der Waals surface area contributed by atoms with E-state index in [1.165, 1.54) is 6.07 Å². The largest absolute Gasteiger partial charge is 0.484 e. The van der Waals surface area contributed by atoms with Crippen molar-refractivity contribution in [3.63, 3.8) is 0 Å². The fraction of sp³-hybridized carbons (Fsp3) is 0.333. The maximum atomic E-state index is 13.0. The summed E-state index contributed by atoms with van der Waals surface area (Å²) >= 11 is 0. The molecule has 1 amide bonds. The Balaban J connectivity index is 1.37. The van der Waals surface area contributed by atoms with E-state index in [1.807, 2.05) is 42.5 Å². The summed E-state index contributed by atoms with van der Waals surface area (Å²) in [5.74, 6) is 0.781. The SMILES string of the molecule is O=C(COc1ccc(C(Cc2ccccc2)=NOCc2cccc(C(F)(F)F)c2)cc1)NCC1CCOCC1. The lowest BCUT2D eigenvalue weighted by Crippen LogP contribution is -2.35. The minimum absolute atomic E-state index is 0.0897. The summed E-state index contributed by atoms with van der Waals surface area (Å²) in [6.45, 7) is 1.88. The quantitative estimate of drug-likeness (QED) is 0.247. The molecule has 1 heterocycles. The van der Waals surface area contributed by atoms with Crippen LogP contribution in [0.15, 0.2) is 84.0 Å². The van der Waals surface area contributed by atoms with E-state index in [-0.39, 0.29) is 19.1 Å². The zero-order valence-electron chi connectivity index (χ0n) is 21.5. The van der Waals surface area contributed by atoms with Crippen LogP contribution >= 0.6 is 0 Å². The summed E-state index contributed by atoms with van der Waals surface area (Å²) in [6.07, 6.45) is -2.08. The van der Waals surface area contributed by atoms with Crippen molar-refractivity contribution in [2.24, 2.45) is 11.1 Å².